The molecule has 0 spiro atoms. The number of aryl methyl sites for hydroxylation is 1. The van der Waals surface area contributed by atoms with Crippen molar-refractivity contribution in [2.45, 2.75) is 52.7 Å². The number of likely N-dealkylation sites (N-methyl/N-ethyl adjacent to an activating group) is 1. The Morgan fingerprint density at radius 3 is 2.39 bits per heavy atom. The molecule has 3 atom stereocenters. The van der Waals surface area contributed by atoms with Gasteiger partial charge in [0, 0.05) is 61.6 Å². The number of hydrazone groups is 1. The quantitative estimate of drug-likeness (QED) is 0.0932. The lowest BCUT2D eigenvalue weighted by Crippen LogP contribution is -2.46. The predicted molar refractivity (Wildman–Crippen MR) is 207 cm³/mol. The van der Waals surface area contributed by atoms with Crippen LogP contribution in [-0.4, -0.2) is 83.5 Å². The minimum Gasteiger partial charge on any atom is -0.493 e. The van der Waals surface area contributed by atoms with E-state index in [-0.39, 0.29) is 17.6 Å². The second-order valence-electron chi connectivity index (χ2n) is 13.6. The first-order valence-corrected chi connectivity index (χ1v) is 18.0. The highest BCUT2D eigenvalue weighted by Gasteiger charge is 2.32. The van der Waals surface area contributed by atoms with Crippen LogP contribution in [0.1, 0.15) is 51.3 Å². The van der Waals surface area contributed by atoms with Crippen LogP contribution in [-0.2, 0) is 10.3 Å². The van der Waals surface area contributed by atoms with E-state index in [9.17, 15) is 4.79 Å². The van der Waals surface area contributed by atoms with Crippen LogP contribution in [0.4, 0.5) is 11.5 Å². The molecule has 1 saturated heterocycles. The standard InChI is InChI=1S/C39H51ClN8O3/c1-8-18-42-44(7)27-39(6,35-16-10-29(3)23-36(35)40)51-26-30(4)25-50-34-14-11-32(12-15-34)45-19-21-46(22-20-45)37-17-13-33(24-41-37)47-28-43-48(38(47)49)31(5)9-2/h8,10-18,23-24,28,30-31H,1,9,19-22,25-27H2,2-7H3/b42-18-. The van der Waals surface area contributed by atoms with Crippen LogP contribution in [0.25, 0.3) is 5.69 Å². The van der Waals surface area contributed by atoms with Crippen molar-refractivity contribution in [1.29, 1.82) is 0 Å². The fourth-order valence-electron chi connectivity index (χ4n) is 6.13. The van der Waals surface area contributed by atoms with Gasteiger partial charge in [-0.3, -0.25) is 5.01 Å². The topological polar surface area (TPSA) is 93.3 Å². The number of aromatic nitrogens is 4. The van der Waals surface area contributed by atoms with Crippen LogP contribution >= 0.6 is 11.6 Å². The number of allylic oxidation sites excluding steroid dienone is 1. The van der Waals surface area contributed by atoms with Gasteiger partial charge >= 0.3 is 5.69 Å². The third-order valence-corrected chi connectivity index (χ3v) is 9.65. The predicted octanol–water partition coefficient (Wildman–Crippen LogP) is 6.74. The normalized spacial score (nSPS) is 15.8. The number of anilines is 2. The summed E-state index contributed by atoms with van der Waals surface area (Å²) in [6, 6.07) is 18.3. The molecule has 0 saturated carbocycles. The Bertz CT molecular complexity index is 1820. The smallest absolute Gasteiger partial charge is 0.350 e. The highest BCUT2D eigenvalue weighted by Crippen LogP contribution is 2.34. The highest BCUT2D eigenvalue weighted by atomic mass is 35.5. The Kier molecular flexibility index (Phi) is 12.6. The molecule has 0 bridgehead atoms. The van der Waals surface area contributed by atoms with Crippen molar-refractivity contribution in [3.8, 4) is 11.4 Å². The molecule has 4 aromatic rings. The van der Waals surface area contributed by atoms with Gasteiger partial charge in [0.1, 0.15) is 23.5 Å². The van der Waals surface area contributed by atoms with Gasteiger partial charge in [-0.2, -0.15) is 10.2 Å². The first kappa shape index (κ1) is 37.6. The molecule has 1 aliphatic heterocycles. The largest absolute Gasteiger partial charge is 0.493 e. The van der Waals surface area contributed by atoms with Crippen molar-refractivity contribution in [2.24, 2.45) is 11.0 Å². The van der Waals surface area contributed by atoms with Crippen LogP contribution in [0.2, 0.25) is 5.02 Å². The summed E-state index contributed by atoms with van der Waals surface area (Å²) in [6.45, 7) is 18.9. The number of benzene rings is 2. The van der Waals surface area contributed by atoms with E-state index in [1.54, 1.807) is 29.4 Å². The summed E-state index contributed by atoms with van der Waals surface area (Å²) in [4.78, 5) is 22.1. The fraction of sp³-hybridized carbons (Fsp3) is 0.436. The number of halogens is 1. The van der Waals surface area contributed by atoms with Crippen molar-refractivity contribution >= 4 is 29.3 Å². The minimum atomic E-state index is -0.684. The maximum Gasteiger partial charge on any atom is 0.350 e. The average molecular weight is 715 g/mol. The van der Waals surface area contributed by atoms with Crippen LogP contribution in [0.5, 0.6) is 5.75 Å². The summed E-state index contributed by atoms with van der Waals surface area (Å²) in [5, 5.41) is 11.2. The van der Waals surface area contributed by atoms with Gasteiger partial charge in [-0.1, -0.05) is 44.2 Å². The molecule has 51 heavy (non-hydrogen) atoms. The van der Waals surface area contributed by atoms with Gasteiger partial charge in [0.15, 0.2) is 0 Å². The van der Waals surface area contributed by atoms with Crippen molar-refractivity contribution in [1.82, 2.24) is 24.3 Å². The molecular formula is C39H51ClN8O3. The molecule has 0 radical (unpaired) electrons. The molecular weight excluding hydrogens is 664 g/mol. The number of nitrogens with zero attached hydrogens (tertiary/aromatic N) is 8. The van der Waals surface area contributed by atoms with Crippen LogP contribution < -0.4 is 20.2 Å². The third kappa shape index (κ3) is 9.39. The van der Waals surface area contributed by atoms with Gasteiger partial charge in [0.2, 0.25) is 0 Å². The maximum atomic E-state index is 12.8. The Morgan fingerprint density at radius 1 is 1.04 bits per heavy atom. The Labute approximate surface area is 306 Å². The van der Waals surface area contributed by atoms with E-state index in [0.717, 1.165) is 61.0 Å². The summed E-state index contributed by atoms with van der Waals surface area (Å²) >= 11 is 6.70. The lowest BCUT2D eigenvalue weighted by molar-refractivity contribution is -0.0708. The zero-order chi connectivity index (χ0) is 36.5. The molecule has 5 rings (SSSR count). The molecule has 12 heteroatoms. The molecule has 3 heterocycles. The van der Waals surface area contributed by atoms with Gasteiger partial charge in [-0.15, -0.1) is 0 Å². The summed E-state index contributed by atoms with van der Waals surface area (Å²) in [5.41, 5.74) is 3.06. The SMILES string of the molecule is C=C/C=N\N(C)CC(C)(OCC(C)COc1ccc(N2CCN(c3ccc(-n4cnn(C(C)CC)c4=O)cn3)CC2)cc1)c1ccc(C)cc1Cl. The number of hydrogen-bond acceptors (Lipinski definition) is 9. The first-order valence-electron chi connectivity index (χ1n) is 17.6. The summed E-state index contributed by atoms with van der Waals surface area (Å²) in [5.74, 6) is 1.86. The van der Waals surface area contributed by atoms with Gasteiger partial charge in [-0.25, -0.2) is 19.0 Å². The van der Waals surface area contributed by atoms with E-state index in [1.165, 1.54) is 4.68 Å². The van der Waals surface area contributed by atoms with Crippen LogP contribution in [0, 0.1) is 12.8 Å². The lowest BCUT2D eigenvalue weighted by atomic mass is 9.94. The zero-order valence-electron chi connectivity index (χ0n) is 30.7. The monoisotopic (exact) mass is 714 g/mol. The first-order chi connectivity index (χ1) is 24.5. The Balaban J connectivity index is 1.11. The second-order valence-corrected chi connectivity index (χ2v) is 14.0. The molecule has 2 aromatic heterocycles. The number of pyridine rings is 1. The molecule has 3 unspecified atom stereocenters. The number of rotatable bonds is 16. The Morgan fingerprint density at radius 2 is 1.75 bits per heavy atom. The van der Waals surface area contributed by atoms with E-state index in [4.69, 9.17) is 21.1 Å². The molecule has 11 nitrogen and oxygen atoms in total. The maximum absolute atomic E-state index is 12.8. The molecule has 1 aliphatic rings. The van der Waals surface area contributed by atoms with E-state index in [1.807, 2.05) is 69.2 Å². The molecule has 0 amide bonds. The zero-order valence-corrected chi connectivity index (χ0v) is 31.5. The second kappa shape index (κ2) is 17.1. The van der Waals surface area contributed by atoms with Crippen LogP contribution in [0.15, 0.2) is 89.7 Å². The number of piperazine rings is 1. The van der Waals surface area contributed by atoms with Crippen molar-refractivity contribution in [3.63, 3.8) is 0 Å². The molecule has 0 aliphatic carbocycles. The van der Waals surface area contributed by atoms with E-state index in [0.29, 0.717) is 30.5 Å². The minimum absolute atomic E-state index is 0.0507. The van der Waals surface area contributed by atoms with Crippen molar-refractivity contribution < 1.29 is 9.47 Å². The number of ether oxygens (including phenoxy) is 2. The molecule has 2 aromatic carbocycles. The van der Waals surface area contributed by atoms with Gasteiger partial charge in [-0.05, 0) is 81.3 Å². The Hall–Kier alpha value is -4.61. The van der Waals surface area contributed by atoms with Crippen molar-refractivity contribution in [2.75, 3.05) is 62.8 Å². The van der Waals surface area contributed by atoms with E-state index in [2.05, 4.69) is 63.6 Å². The van der Waals surface area contributed by atoms with Crippen LogP contribution in [0.3, 0.4) is 0 Å². The number of hydrogen-bond donors (Lipinski definition) is 0. The van der Waals surface area contributed by atoms with E-state index >= 15 is 0 Å². The molecule has 1 fully saturated rings. The molecule has 272 valence electrons. The summed E-state index contributed by atoms with van der Waals surface area (Å²) in [7, 11) is 1.91. The van der Waals surface area contributed by atoms with Gasteiger partial charge in [0.25, 0.3) is 0 Å². The van der Waals surface area contributed by atoms with E-state index < -0.39 is 5.60 Å². The fourth-order valence-corrected chi connectivity index (χ4v) is 6.57. The van der Waals surface area contributed by atoms with Crippen molar-refractivity contribution in [3.05, 3.63) is 106 Å². The van der Waals surface area contributed by atoms with Gasteiger partial charge < -0.3 is 19.3 Å². The third-order valence-electron chi connectivity index (χ3n) is 9.33. The highest BCUT2D eigenvalue weighted by molar-refractivity contribution is 6.31. The summed E-state index contributed by atoms with van der Waals surface area (Å²) < 4.78 is 15.8. The summed E-state index contributed by atoms with van der Waals surface area (Å²) in [6.07, 6.45) is 7.46. The average Bonchev–Trinajstić information content (AvgIpc) is 3.53. The lowest BCUT2D eigenvalue weighted by Gasteiger charge is -2.36. The van der Waals surface area contributed by atoms with Gasteiger partial charge in [0.05, 0.1) is 37.7 Å². The molecule has 0 N–H and O–H groups in total.